The molecular weight excluding hydrogens is 166 g/mol. The van der Waals surface area contributed by atoms with Crippen LogP contribution in [0.25, 0.3) is 10.8 Å². The van der Waals surface area contributed by atoms with Crippen molar-refractivity contribution < 1.29 is 0 Å². The summed E-state index contributed by atoms with van der Waals surface area (Å²) in [4.78, 5) is 1.31. The lowest BCUT2D eigenvalue weighted by atomic mass is 10.1. The third-order valence-corrected chi connectivity index (χ3v) is 2.87. The second kappa shape index (κ2) is 2.62. The first-order valence-corrected chi connectivity index (χ1v) is 4.57. The van der Waals surface area contributed by atoms with Gasteiger partial charge in [0.15, 0.2) is 0 Å². The molecule has 0 unspecified atom stereocenters. The van der Waals surface area contributed by atoms with E-state index in [9.17, 15) is 0 Å². The highest BCUT2D eigenvalue weighted by Gasteiger charge is 1.99. The highest BCUT2D eigenvalue weighted by atomic mass is 32.1. The van der Waals surface area contributed by atoms with Gasteiger partial charge in [0.25, 0.3) is 0 Å². The molecule has 0 bridgehead atoms. The predicted molar refractivity (Wildman–Crippen MR) is 51.3 cm³/mol. The summed E-state index contributed by atoms with van der Waals surface area (Å²) in [6, 6.07) is 7.94. The summed E-state index contributed by atoms with van der Waals surface area (Å²) in [5.41, 5.74) is 0.736. The molecule has 2 rings (SSSR count). The van der Waals surface area contributed by atoms with Crippen LogP contribution in [0, 0.1) is 18.3 Å². The molecule has 0 saturated heterocycles. The Labute approximate surface area is 74.9 Å². The number of thiophene rings is 1. The van der Waals surface area contributed by atoms with Crippen LogP contribution in [-0.4, -0.2) is 0 Å². The summed E-state index contributed by atoms with van der Waals surface area (Å²) in [6.45, 7) is 2.10. The van der Waals surface area contributed by atoms with Gasteiger partial charge >= 0.3 is 0 Å². The lowest BCUT2D eigenvalue weighted by molar-refractivity contribution is 1.50. The van der Waals surface area contributed by atoms with Crippen molar-refractivity contribution in [2.45, 2.75) is 6.92 Å². The average molecular weight is 173 g/mol. The van der Waals surface area contributed by atoms with Crippen molar-refractivity contribution in [3.05, 3.63) is 34.0 Å². The lowest BCUT2D eigenvalue weighted by Crippen LogP contribution is -1.72. The molecule has 0 spiro atoms. The molecule has 2 aromatic rings. The van der Waals surface area contributed by atoms with E-state index >= 15 is 0 Å². The second-order valence-corrected chi connectivity index (χ2v) is 3.79. The van der Waals surface area contributed by atoms with Crippen LogP contribution < -0.4 is 0 Å². The van der Waals surface area contributed by atoms with Gasteiger partial charge in [-0.3, -0.25) is 0 Å². The molecule has 1 heterocycles. The predicted octanol–water partition coefficient (Wildman–Crippen LogP) is 3.08. The van der Waals surface area contributed by atoms with Crippen molar-refractivity contribution in [3.8, 4) is 6.07 Å². The number of nitriles is 1. The Morgan fingerprint density at radius 1 is 1.42 bits per heavy atom. The van der Waals surface area contributed by atoms with Crippen LogP contribution in [0.5, 0.6) is 0 Å². The highest BCUT2D eigenvalue weighted by molar-refractivity contribution is 7.11. The second-order valence-electron chi connectivity index (χ2n) is 2.71. The van der Waals surface area contributed by atoms with E-state index in [2.05, 4.69) is 18.4 Å². The number of fused-ring (bicyclic) bond motifs is 1. The van der Waals surface area contributed by atoms with E-state index in [4.69, 9.17) is 5.26 Å². The van der Waals surface area contributed by atoms with Crippen LogP contribution in [0.1, 0.15) is 10.4 Å². The SMILES string of the molecule is Cc1scc2cc(C#N)ccc12. The monoisotopic (exact) mass is 173 g/mol. The van der Waals surface area contributed by atoms with Gasteiger partial charge in [0, 0.05) is 4.88 Å². The van der Waals surface area contributed by atoms with Gasteiger partial charge in [-0.15, -0.1) is 11.3 Å². The fraction of sp³-hybridized carbons (Fsp3) is 0.100. The third-order valence-electron chi connectivity index (χ3n) is 1.92. The Hall–Kier alpha value is -1.33. The molecule has 0 radical (unpaired) electrons. The summed E-state index contributed by atoms with van der Waals surface area (Å²) in [5, 5.41) is 13.2. The molecule has 0 saturated carbocycles. The maximum atomic E-state index is 8.66. The molecule has 1 aromatic carbocycles. The molecule has 0 aliphatic heterocycles. The molecule has 0 aliphatic rings. The van der Waals surface area contributed by atoms with Crippen molar-refractivity contribution >= 4 is 22.1 Å². The topological polar surface area (TPSA) is 23.8 Å². The molecule has 0 atom stereocenters. The van der Waals surface area contributed by atoms with Gasteiger partial charge in [-0.2, -0.15) is 5.26 Å². The molecule has 1 aromatic heterocycles. The number of hydrogen-bond acceptors (Lipinski definition) is 2. The summed E-state index contributed by atoms with van der Waals surface area (Å²) < 4.78 is 0. The first-order valence-electron chi connectivity index (χ1n) is 3.69. The van der Waals surface area contributed by atoms with Gasteiger partial charge < -0.3 is 0 Å². The standard InChI is InChI=1S/C10H7NS/c1-7-10-3-2-8(5-11)4-9(10)6-12-7/h2-4,6H,1H3. The van der Waals surface area contributed by atoms with Crippen molar-refractivity contribution in [2.24, 2.45) is 0 Å². The highest BCUT2D eigenvalue weighted by Crippen LogP contribution is 2.25. The average Bonchev–Trinajstić information content (AvgIpc) is 2.47. The largest absolute Gasteiger partial charge is 0.192 e. The van der Waals surface area contributed by atoms with Crippen molar-refractivity contribution in [2.75, 3.05) is 0 Å². The van der Waals surface area contributed by atoms with E-state index in [0.29, 0.717) is 0 Å². The van der Waals surface area contributed by atoms with E-state index in [1.807, 2.05) is 18.2 Å². The Balaban J connectivity index is 2.80. The molecule has 0 aliphatic carbocycles. The summed E-state index contributed by atoms with van der Waals surface area (Å²) in [7, 11) is 0. The number of nitrogens with zero attached hydrogens (tertiary/aromatic N) is 1. The molecule has 2 heteroatoms. The molecule has 1 nitrogen and oxygen atoms in total. The maximum absolute atomic E-state index is 8.66. The zero-order chi connectivity index (χ0) is 8.55. The smallest absolute Gasteiger partial charge is 0.0991 e. The maximum Gasteiger partial charge on any atom is 0.0991 e. The van der Waals surface area contributed by atoms with Crippen LogP contribution in [-0.2, 0) is 0 Å². The van der Waals surface area contributed by atoms with Gasteiger partial charge in [0.1, 0.15) is 0 Å². The normalized spacial score (nSPS) is 10.0. The zero-order valence-electron chi connectivity index (χ0n) is 6.66. The number of hydrogen-bond donors (Lipinski definition) is 0. The minimum Gasteiger partial charge on any atom is -0.192 e. The number of aryl methyl sites for hydroxylation is 1. The van der Waals surface area contributed by atoms with Gasteiger partial charge in [0.05, 0.1) is 11.6 Å². The zero-order valence-corrected chi connectivity index (χ0v) is 7.48. The van der Waals surface area contributed by atoms with Gasteiger partial charge in [-0.05, 0) is 35.2 Å². The number of benzene rings is 1. The number of rotatable bonds is 0. The molecule has 58 valence electrons. The lowest BCUT2D eigenvalue weighted by Gasteiger charge is -1.90. The van der Waals surface area contributed by atoms with Crippen molar-refractivity contribution in [1.82, 2.24) is 0 Å². The minimum atomic E-state index is 0.736. The Morgan fingerprint density at radius 3 is 3.00 bits per heavy atom. The minimum absolute atomic E-state index is 0.736. The fourth-order valence-electron chi connectivity index (χ4n) is 1.27. The summed E-state index contributed by atoms with van der Waals surface area (Å²) in [6.07, 6.45) is 0. The van der Waals surface area contributed by atoms with E-state index in [1.165, 1.54) is 15.6 Å². The van der Waals surface area contributed by atoms with Gasteiger partial charge in [0.2, 0.25) is 0 Å². The Bertz CT molecular complexity index is 462. The Kier molecular flexibility index (Phi) is 1.60. The van der Waals surface area contributed by atoms with Gasteiger partial charge in [-0.25, -0.2) is 0 Å². The van der Waals surface area contributed by atoms with Crippen molar-refractivity contribution in [3.63, 3.8) is 0 Å². The molecule has 0 amide bonds. The van der Waals surface area contributed by atoms with Crippen LogP contribution in [0.4, 0.5) is 0 Å². The van der Waals surface area contributed by atoms with Gasteiger partial charge in [-0.1, -0.05) is 6.07 Å². The van der Waals surface area contributed by atoms with Crippen molar-refractivity contribution in [1.29, 1.82) is 5.26 Å². The fourth-order valence-corrected chi connectivity index (χ4v) is 2.08. The van der Waals surface area contributed by atoms with E-state index < -0.39 is 0 Å². The first kappa shape index (κ1) is 7.33. The van der Waals surface area contributed by atoms with Crippen LogP contribution in [0.2, 0.25) is 0 Å². The first-order chi connectivity index (χ1) is 5.81. The van der Waals surface area contributed by atoms with E-state index in [-0.39, 0.29) is 0 Å². The third kappa shape index (κ3) is 0.992. The molecule has 0 N–H and O–H groups in total. The summed E-state index contributed by atoms with van der Waals surface area (Å²) >= 11 is 1.73. The molecule has 0 fully saturated rings. The van der Waals surface area contributed by atoms with Crippen LogP contribution >= 0.6 is 11.3 Å². The quantitative estimate of drug-likeness (QED) is 0.600. The van der Waals surface area contributed by atoms with Crippen LogP contribution in [0.15, 0.2) is 23.6 Å². The van der Waals surface area contributed by atoms with Crippen LogP contribution in [0.3, 0.4) is 0 Å². The Morgan fingerprint density at radius 2 is 2.25 bits per heavy atom. The van der Waals surface area contributed by atoms with E-state index in [0.717, 1.165) is 5.56 Å². The molecule has 12 heavy (non-hydrogen) atoms. The summed E-state index contributed by atoms with van der Waals surface area (Å²) in [5.74, 6) is 0. The van der Waals surface area contributed by atoms with E-state index in [1.54, 1.807) is 11.3 Å². The molecular formula is C10H7NS.